The largest absolute Gasteiger partial charge is 0.323 e. The van der Waals surface area contributed by atoms with Crippen LogP contribution in [0.1, 0.15) is 28.4 Å². The maximum absolute atomic E-state index is 13.2. The lowest BCUT2D eigenvalue weighted by Gasteiger charge is -2.23. The molecule has 0 radical (unpaired) electrons. The molecule has 0 bridgehead atoms. The number of halogens is 2. The van der Waals surface area contributed by atoms with Gasteiger partial charge in [0, 0.05) is 23.4 Å². The fraction of sp³-hybridized carbons (Fsp3) is 0.143. The van der Waals surface area contributed by atoms with Crippen molar-refractivity contribution >= 4 is 28.9 Å². The van der Waals surface area contributed by atoms with Gasteiger partial charge in [0.25, 0.3) is 5.69 Å². The van der Waals surface area contributed by atoms with Crippen LogP contribution >= 0.6 is 11.6 Å². The highest BCUT2D eigenvalue weighted by Crippen LogP contribution is 2.37. The molecule has 2 aromatic heterocycles. The summed E-state index contributed by atoms with van der Waals surface area (Å²) < 4.78 is 16.5. The average molecular weight is 467 g/mol. The Morgan fingerprint density at radius 1 is 1.18 bits per heavy atom. The smallest absolute Gasteiger partial charge is 0.269 e. The second-order valence-corrected chi connectivity index (χ2v) is 7.83. The van der Waals surface area contributed by atoms with Crippen molar-refractivity contribution in [1.82, 2.24) is 30.0 Å². The number of hydrogen-bond donors (Lipinski definition) is 1. The zero-order valence-corrected chi connectivity index (χ0v) is 17.9. The Kier molecular flexibility index (Phi) is 5.09. The molecule has 3 heterocycles. The second-order valence-electron chi connectivity index (χ2n) is 7.48. The monoisotopic (exact) mass is 466 g/mol. The van der Waals surface area contributed by atoms with E-state index in [4.69, 9.17) is 11.6 Å². The lowest BCUT2D eigenvalue weighted by molar-refractivity contribution is -0.384. The first-order valence-corrected chi connectivity index (χ1v) is 10.3. The van der Waals surface area contributed by atoms with Gasteiger partial charge in [0.1, 0.15) is 17.0 Å². The number of nitro benzene ring substituents is 1. The predicted molar refractivity (Wildman–Crippen MR) is 118 cm³/mol. The third kappa shape index (κ3) is 3.82. The van der Waals surface area contributed by atoms with Gasteiger partial charge in [0.05, 0.1) is 17.2 Å². The Labute approximate surface area is 191 Å². The molecule has 33 heavy (non-hydrogen) atoms. The summed E-state index contributed by atoms with van der Waals surface area (Å²) in [6.07, 6.45) is 1.89. The van der Waals surface area contributed by atoms with Gasteiger partial charge in [0.2, 0.25) is 5.95 Å². The third-order valence-corrected chi connectivity index (χ3v) is 5.77. The van der Waals surface area contributed by atoms with Crippen molar-refractivity contribution in [2.75, 3.05) is 5.32 Å². The molecule has 4 aromatic rings. The van der Waals surface area contributed by atoms with Crippen molar-refractivity contribution in [2.45, 2.75) is 19.5 Å². The van der Waals surface area contributed by atoms with Gasteiger partial charge >= 0.3 is 0 Å². The molecule has 0 saturated carbocycles. The minimum atomic E-state index is -0.462. The molecule has 0 aliphatic carbocycles. The molecule has 0 saturated heterocycles. The third-order valence-electron chi connectivity index (χ3n) is 5.37. The van der Waals surface area contributed by atoms with Crippen LogP contribution in [-0.2, 0) is 6.54 Å². The number of rotatable bonds is 5. The molecule has 1 aliphatic heterocycles. The molecule has 1 N–H and O–H groups in total. The first-order chi connectivity index (χ1) is 15.9. The van der Waals surface area contributed by atoms with Gasteiger partial charge in [-0.2, -0.15) is 9.78 Å². The highest BCUT2D eigenvalue weighted by atomic mass is 35.5. The molecule has 5 rings (SSSR count). The zero-order valence-electron chi connectivity index (χ0n) is 17.2. The highest BCUT2D eigenvalue weighted by Gasteiger charge is 2.30. The molecular formula is C21H16ClFN8O2. The Morgan fingerprint density at radius 3 is 2.61 bits per heavy atom. The molecule has 1 aliphatic rings. The number of anilines is 1. The summed E-state index contributed by atoms with van der Waals surface area (Å²) in [4.78, 5) is 10.5. The molecule has 0 unspecified atom stereocenters. The van der Waals surface area contributed by atoms with Crippen molar-refractivity contribution < 1.29 is 9.31 Å². The normalized spacial score (nSPS) is 15.0. The number of tetrazole rings is 1. The number of hydrogen-bond acceptors (Lipinski definition) is 7. The van der Waals surface area contributed by atoms with E-state index in [1.165, 1.54) is 24.3 Å². The molecule has 1 atom stereocenters. The van der Waals surface area contributed by atoms with E-state index < -0.39 is 11.0 Å². The summed E-state index contributed by atoms with van der Waals surface area (Å²) in [6.45, 7) is 2.21. The van der Waals surface area contributed by atoms with E-state index in [0.29, 0.717) is 34.6 Å². The number of aryl methyl sites for hydroxylation is 1. The fourth-order valence-corrected chi connectivity index (χ4v) is 4.11. The molecular weight excluding hydrogens is 451 g/mol. The Balaban J connectivity index is 1.54. The van der Waals surface area contributed by atoms with Crippen LogP contribution in [0.2, 0.25) is 5.15 Å². The van der Waals surface area contributed by atoms with Crippen LogP contribution in [0.15, 0.2) is 54.6 Å². The van der Waals surface area contributed by atoms with Crippen molar-refractivity contribution in [3.63, 3.8) is 0 Å². The Bertz CT molecular complexity index is 1380. The molecule has 0 amide bonds. The van der Waals surface area contributed by atoms with Crippen molar-refractivity contribution in [3.8, 4) is 0 Å². The van der Waals surface area contributed by atoms with E-state index in [-0.39, 0.29) is 11.5 Å². The summed E-state index contributed by atoms with van der Waals surface area (Å²) in [6, 6.07) is 11.8. The standard InChI is InChI=1S/C21H16ClFN8O2/c1-12-19(20(22)29(26-12)11-13-2-6-15(23)7-3-13)18-10-17(24-21-25-27-28-30(18)21)14-4-8-16(9-5-14)31(32)33/h2-10,18H,11H2,1H3,(H,24,25,28)/t18-/m0/s1. The number of nitrogens with one attached hydrogen (secondary N) is 1. The topological polar surface area (TPSA) is 117 Å². The summed E-state index contributed by atoms with van der Waals surface area (Å²) in [7, 11) is 0. The minimum absolute atomic E-state index is 0.00231. The first kappa shape index (κ1) is 20.8. The molecule has 12 heteroatoms. The Morgan fingerprint density at radius 2 is 1.91 bits per heavy atom. The van der Waals surface area contributed by atoms with Gasteiger partial charge in [-0.15, -0.1) is 0 Å². The maximum Gasteiger partial charge on any atom is 0.269 e. The lowest BCUT2D eigenvalue weighted by atomic mass is 10.0. The van der Waals surface area contributed by atoms with E-state index in [0.717, 1.165) is 11.1 Å². The maximum atomic E-state index is 13.2. The SMILES string of the molecule is Cc1nn(Cc2ccc(F)cc2)c(Cl)c1[C@@H]1C=C(c2ccc([N+](=O)[O-])cc2)Nc2nnnn21. The Hall–Kier alpha value is -4.12. The van der Waals surface area contributed by atoms with Gasteiger partial charge in [-0.25, -0.2) is 9.07 Å². The average Bonchev–Trinajstić information content (AvgIpc) is 3.39. The van der Waals surface area contributed by atoms with Gasteiger partial charge in [-0.3, -0.25) is 10.1 Å². The van der Waals surface area contributed by atoms with E-state index in [9.17, 15) is 14.5 Å². The van der Waals surface area contributed by atoms with E-state index in [2.05, 4.69) is 25.9 Å². The molecule has 10 nitrogen and oxygen atoms in total. The number of nitrogens with zero attached hydrogens (tertiary/aromatic N) is 7. The van der Waals surface area contributed by atoms with Crippen LogP contribution in [-0.4, -0.2) is 34.9 Å². The van der Waals surface area contributed by atoms with Crippen molar-refractivity contribution in [2.24, 2.45) is 0 Å². The molecule has 166 valence electrons. The van der Waals surface area contributed by atoms with Crippen LogP contribution in [0.25, 0.3) is 5.70 Å². The number of non-ortho nitro benzene ring substituents is 1. The van der Waals surface area contributed by atoms with Crippen LogP contribution < -0.4 is 5.32 Å². The fourth-order valence-electron chi connectivity index (χ4n) is 3.76. The van der Waals surface area contributed by atoms with Crippen LogP contribution in [0.4, 0.5) is 16.0 Å². The number of nitro groups is 1. The number of aromatic nitrogens is 6. The lowest BCUT2D eigenvalue weighted by Crippen LogP contribution is -2.21. The van der Waals surface area contributed by atoms with Crippen LogP contribution in [0.3, 0.4) is 0 Å². The summed E-state index contributed by atoms with van der Waals surface area (Å²) in [5.74, 6) is 0.0876. The predicted octanol–water partition coefficient (Wildman–Crippen LogP) is 3.98. The van der Waals surface area contributed by atoms with Crippen molar-refractivity contribution in [3.05, 3.63) is 98.1 Å². The van der Waals surface area contributed by atoms with E-state index in [1.54, 1.807) is 33.6 Å². The number of benzene rings is 2. The highest BCUT2D eigenvalue weighted by molar-refractivity contribution is 6.30. The minimum Gasteiger partial charge on any atom is -0.323 e. The number of allylic oxidation sites excluding steroid dienone is 1. The summed E-state index contributed by atoms with van der Waals surface area (Å²) in [5.41, 5.74) is 3.66. The first-order valence-electron chi connectivity index (χ1n) is 9.89. The van der Waals surface area contributed by atoms with E-state index >= 15 is 0 Å². The van der Waals surface area contributed by atoms with Gasteiger partial charge in [0.15, 0.2) is 0 Å². The van der Waals surface area contributed by atoms with Gasteiger partial charge in [-0.1, -0.05) is 28.8 Å². The van der Waals surface area contributed by atoms with Crippen LogP contribution in [0.5, 0.6) is 0 Å². The second kappa shape index (κ2) is 8.10. The van der Waals surface area contributed by atoms with Crippen molar-refractivity contribution in [1.29, 1.82) is 0 Å². The number of fused-ring (bicyclic) bond motifs is 1. The summed E-state index contributed by atoms with van der Waals surface area (Å²) >= 11 is 6.75. The zero-order chi connectivity index (χ0) is 23.1. The molecule has 2 aromatic carbocycles. The molecule has 0 fully saturated rings. The van der Waals surface area contributed by atoms with Crippen LogP contribution in [0, 0.1) is 22.9 Å². The van der Waals surface area contributed by atoms with E-state index in [1.807, 2.05) is 13.0 Å². The van der Waals surface area contributed by atoms with Gasteiger partial charge in [-0.05, 0) is 58.8 Å². The quantitative estimate of drug-likeness (QED) is 0.349. The molecule has 0 spiro atoms. The van der Waals surface area contributed by atoms with Gasteiger partial charge < -0.3 is 5.32 Å². The summed E-state index contributed by atoms with van der Waals surface area (Å²) in [5, 5.41) is 31.0.